The maximum atomic E-state index is 15.0. The lowest BCUT2D eigenvalue weighted by Gasteiger charge is -2.36. The number of hydrogen-bond acceptors (Lipinski definition) is 15. The molecule has 3 aliphatic heterocycles. The number of likely N-dealkylation sites (tertiary alicyclic amines) is 1. The Morgan fingerprint density at radius 2 is 1.49 bits per heavy atom. The van der Waals surface area contributed by atoms with Gasteiger partial charge in [0, 0.05) is 33.6 Å². The van der Waals surface area contributed by atoms with Gasteiger partial charge in [-0.15, -0.1) is 0 Å². The van der Waals surface area contributed by atoms with E-state index in [1.165, 1.54) is 61.6 Å². The number of rotatable bonds is 15. The molecule has 1 aromatic carbocycles. The minimum atomic E-state index is -1.76. The first-order chi connectivity index (χ1) is 37.0. The fraction of sp³-hybridized carbons (Fsp3) is 0.719. The molecule has 442 valence electrons. The van der Waals surface area contributed by atoms with Crippen molar-refractivity contribution in [1.82, 2.24) is 35.6 Å². The molecule has 3 fully saturated rings. The number of carbonyl (C=O) groups excluding carboxylic acids is 10. The lowest BCUT2D eigenvalue weighted by Crippen LogP contribution is -2.62. The number of fused-ring (bicyclic) bond motifs is 1. The van der Waals surface area contributed by atoms with Gasteiger partial charge in [-0.05, 0) is 101 Å². The van der Waals surface area contributed by atoms with E-state index in [0.29, 0.717) is 30.6 Å². The molecule has 7 amide bonds. The van der Waals surface area contributed by atoms with E-state index in [1.54, 1.807) is 52.0 Å². The van der Waals surface area contributed by atoms with Crippen molar-refractivity contribution in [3.63, 3.8) is 0 Å². The highest BCUT2D eigenvalue weighted by atomic mass is 16.6. The predicted molar refractivity (Wildman–Crippen MR) is 290 cm³/mol. The third-order valence-corrected chi connectivity index (χ3v) is 15.5. The quantitative estimate of drug-likeness (QED) is 0.124. The molecule has 3 heterocycles. The van der Waals surface area contributed by atoms with Crippen LogP contribution in [0.15, 0.2) is 24.3 Å². The van der Waals surface area contributed by atoms with Crippen LogP contribution in [0.3, 0.4) is 0 Å². The van der Waals surface area contributed by atoms with Gasteiger partial charge in [0.15, 0.2) is 11.9 Å². The number of nitrogens with one attached hydrogen (secondary N) is 3. The monoisotopic (exact) mass is 1110 g/mol. The Labute approximate surface area is 465 Å². The number of nitrogens with zero attached hydrogens (tertiary/aromatic N) is 4. The maximum Gasteiger partial charge on any atom is 0.329 e. The van der Waals surface area contributed by atoms with Gasteiger partial charge in [0.05, 0.1) is 31.6 Å². The van der Waals surface area contributed by atoms with Crippen molar-refractivity contribution in [2.75, 3.05) is 34.3 Å². The third-order valence-electron chi connectivity index (χ3n) is 15.5. The second-order valence-corrected chi connectivity index (χ2v) is 23.0. The summed E-state index contributed by atoms with van der Waals surface area (Å²) < 4.78 is 17.2. The lowest BCUT2D eigenvalue weighted by atomic mass is 9.91. The average molecular weight is 1110 g/mol. The number of cyclic esters (lactones) is 2. The van der Waals surface area contributed by atoms with Crippen LogP contribution in [0.25, 0.3) is 0 Å². The Morgan fingerprint density at radius 3 is 2.06 bits per heavy atom. The van der Waals surface area contributed by atoms with Crippen LogP contribution in [-0.2, 0) is 63.8 Å². The standard InChI is InChI=1S/C57H89N7O15/c1-15-33(8)46-44(66)29-45(67)79-49(32(6)7)48(68)34(9)50(69)58-39(26-30(2)3)54(73)64-25-17-19-41(64)56(75)62(13)43(28-37-20-22-38(77-14)23-21-37)57(76)78-36(11)47(52(71)59-46)60-51(70)42(27-31(4)5)61(12)55(74)40-18-16-24-63(40)53(72)35(10)65/h20-23,30-36,39-44,46-47,49,65-66H,15-19,24-29H2,1-14H3,(H,58,69)(H,59,71)(H,60,70)/t33?,34?,35?,36-,39+,40+,41?,42-,43+,44+,46-,47?,49+/m1/s1. The number of amides is 7. The number of aliphatic hydroxyl groups excluding tert-OH is 2. The number of hydrogen-bond donors (Lipinski definition) is 5. The minimum absolute atomic E-state index is 0.0720. The first kappa shape index (κ1) is 65.4. The van der Waals surface area contributed by atoms with E-state index < -0.39 is 150 Å². The highest BCUT2D eigenvalue weighted by Gasteiger charge is 2.46. The smallest absolute Gasteiger partial charge is 0.329 e. The Kier molecular flexibility index (Phi) is 24.3. The number of aliphatic hydroxyl groups is 2. The van der Waals surface area contributed by atoms with E-state index in [2.05, 4.69) is 16.0 Å². The summed E-state index contributed by atoms with van der Waals surface area (Å²) in [4.78, 5) is 149. The molecule has 0 saturated carbocycles. The van der Waals surface area contributed by atoms with Gasteiger partial charge >= 0.3 is 11.9 Å². The zero-order valence-electron chi connectivity index (χ0n) is 48.8. The van der Waals surface area contributed by atoms with Crippen LogP contribution < -0.4 is 20.7 Å². The first-order valence-corrected chi connectivity index (χ1v) is 28.0. The normalized spacial score (nSPS) is 27.7. The molecule has 1 aromatic rings. The number of Topliss-reactive ketones (excluding diaryl/α,β-unsaturated/α-hetero) is 1. The number of likely N-dealkylation sites (N-methyl/N-ethyl adjacent to an activating group) is 2. The Balaban J connectivity index is 1.89. The largest absolute Gasteiger partial charge is 0.497 e. The van der Waals surface area contributed by atoms with Crippen LogP contribution in [0, 0.1) is 29.6 Å². The first-order valence-electron chi connectivity index (χ1n) is 28.0. The lowest BCUT2D eigenvalue weighted by molar-refractivity contribution is -0.163. The van der Waals surface area contributed by atoms with Crippen molar-refractivity contribution < 1.29 is 72.4 Å². The van der Waals surface area contributed by atoms with Crippen LogP contribution in [0.1, 0.15) is 133 Å². The molecular weight excluding hydrogens is 1020 g/mol. The van der Waals surface area contributed by atoms with Gasteiger partial charge in [-0.3, -0.25) is 43.2 Å². The zero-order chi connectivity index (χ0) is 59.3. The fourth-order valence-electron chi connectivity index (χ4n) is 10.5. The second kappa shape index (κ2) is 29.3. The van der Waals surface area contributed by atoms with Crippen LogP contribution >= 0.6 is 0 Å². The molecule has 0 spiro atoms. The van der Waals surface area contributed by atoms with Gasteiger partial charge in [0.2, 0.25) is 35.4 Å². The van der Waals surface area contributed by atoms with Crippen molar-refractivity contribution >= 4 is 59.1 Å². The highest BCUT2D eigenvalue weighted by molar-refractivity contribution is 6.05. The molecule has 13 atom stereocenters. The summed E-state index contributed by atoms with van der Waals surface area (Å²) >= 11 is 0. The Bertz CT molecular complexity index is 2330. The SMILES string of the molecule is CCC(C)[C@H]1NC(=O)C(NC(=O)[C@@H](CC(C)C)N(C)C(=O)[C@@H]2CCCN2C(=O)C(C)O)[C@@H](C)OC(=O)[C@H](Cc2ccc(OC)cc2)N(C)C(=O)C2CCCN2C(=O)[C@H](CC(C)C)NC(=O)C(C)C(=O)[C@H](C(C)C)OC(=O)C[C@@H]1O. The molecule has 0 aliphatic carbocycles. The highest BCUT2D eigenvalue weighted by Crippen LogP contribution is 2.27. The van der Waals surface area contributed by atoms with Gasteiger partial charge in [0.25, 0.3) is 5.91 Å². The van der Waals surface area contributed by atoms with Crippen molar-refractivity contribution in [2.24, 2.45) is 29.6 Å². The molecule has 0 aromatic heterocycles. The molecule has 0 radical (unpaired) electrons. The van der Waals surface area contributed by atoms with Crippen molar-refractivity contribution in [3.8, 4) is 5.75 Å². The van der Waals surface area contributed by atoms with E-state index in [0.717, 1.165) is 0 Å². The summed E-state index contributed by atoms with van der Waals surface area (Å²) in [6.07, 6.45) is -4.99. The van der Waals surface area contributed by atoms with Crippen LogP contribution in [0.5, 0.6) is 5.75 Å². The molecule has 0 bridgehead atoms. The maximum absolute atomic E-state index is 15.0. The molecule has 3 aliphatic rings. The average Bonchev–Trinajstić information content (AvgIpc) is 4.13. The second-order valence-electron chi connectivity index (χ2n) is 23.0. The van der Waals surface area contributed by atoms with Crippen molar-refractivity contribution in [2.45, 2.75) is 201 Å². The molecule has 3 saturated heterocycles. The Hall–Kier alpha value is -6.16. The summed E-state index contributed by atoms with van der Waals surface area (Å²) in [5.74, 6) is -10.3. The molecule has 5 unspecified atom stereocenters. The van der Waals surface area contributed by atoms with E-state index in [9.17, 15) is 53.4 Å². The van der Waals surface area contributed by atoms with E-state index in [-0.39, 0.29) is 57.0 Å². The van der Waals surface area contributed by atoms with E-state index >= 15 is 4.79 Å². The van der Waals surface area contributed by atoms with Crippen LogP contribution in [-0.4, -0.2) is 190 Å². The molecule has 79 heavy (non-hydrogen) atoms. The molecular formula is C57H89N7O15. The summed E-state index contributed by atoms with van der Waals surface area (Å²) in [6.45, 7) is 18.4. The summed E-state index contributed by atoms with van der Waals surface area (Å²) in [5.41, 5.74) is 0.571. The van der Waals surface area contributed by atoms with Crippen molar-refractivity contribution in [3.05, 3.63) is 29.8 Å². The predicted octanol–water partition coefficient (Wildman–Crippen LogP) is 2.32. The molecule has 22 heteroatoms. The number of esters is 2. The van der Waals surface area contributed by atoms with Gasteiger partial charge in [-0.25, -0.2) is 4.79 Å². The van der Waals surface area contributed by atoms with Crippen molar-refractivity contribution in [1.29, 1.82) is 0 Å². The number of carbonyl (C=O) groups is 10. The summed E-state index contributed by atoms with van der Waals surface area (Å²) in [6, 6.07) is -2.19. The topological polar surface area (TPSA) is 288 Å². The molecule has 4 rings (SSSR count). The Morgan fingerprint density at radius 1 is 0.861 bits per heavy atom. The van der Waals surface area contributed by atoms with Crippen LogP contribution in [0.2, 0.25) is 0 Å². The summed E-state index contributed by atoms with van der Waals surface area (Å²) in [5, 5.41) is 30.2. The number of methoxy groups -OCH3 is 1. The van der Waals surface area contributed by atoms with E-state index in [1.807, 2.05) is 27.7 Å². The molecule has 22 nitrogen and oxygen atoms in total. The zero-order valence-corrected chi connectivity index (χ0v) is 48.8. The van der Waals surface area contributed by atoms with Crippen LogP contribution in [0.4, 0.5) is 0 Å². The summed E-state index contributed by atoms with van der Waals surface area (Å²) in [7, 11) is 4.29. The number of benzene rings is 1. The van der Waals surface area contributed by atoms with Gasteiger partial charge in [-0.2, -0.15) is 0 Å². The number of ketones is 1. The minimum Gasteiger partial charge on any atom is -0.497 e. The molecule has 5 N–H and O–H groups in total. The fourth-order valence-corrected chi connectivity index (χ4v) is 10.5. The number of ether oxygens (including phenoxy) is 3. The van der Waals surface area contributed by atoms with E-state index in [4.69, 9.17) is 14.2 Å². The van der Waals surface area contributed by atoms with Gasteiger partial charge in [-0.1, -0.05) is 73.9 Å². The van der Waals surface area contributed by atoms with Gasteiger partial charge < -0.3 is 60.0 Å². The van der Waals surface area contributed by atoms with Gasteiger partial charge in [0.1, 0.15) is 54.2 Å². The third kappa shape index (κ3) is 16.9.